The predicted octanol–water partition coefficient (Wildman–Crippen LogP) is 4.59. The number of amides is 3. The van der Waals surface area contributed by atoms with Crippen molar-refractivity contribution in [2.24, 2.45) is 17.8 Å². The van der Waals surface area contributed by atoms with Crippen LogP contribution in [-0.4, -0.2) is 88.3 Å². The van der Waals surface area contributed by atoms with E-state index in [1.54, 1.807) is 26.9 Å². The number of ether oxygens (including phenoxy) is 2. The molecular formula is C35H51N3O6. The van der Waals surface area contributed by atoms with E-state index in [4.69, 9.17) is 9.47 Å². The number of carbonyl (C=O) groups excluding carboxylic acids is 3. The van der Waals surface area contributed by atoms with Crippen LogP contribution in [0.25, 0.3) is 0 Å². The molecule has 0 aliphatic carbocycles. The minimum absolute atomic E-state index is 0.0844. The molecule has 4 unspecified atom stereocenters. The first-order valence-electron chi connectivity index (χ1n) is 16.2. The highest BCUT2D eigenvalue weighted by Gasteiger charge is 2.80. The lowest BCUT2D eigenvalue weighted by molar-refractivity contribution is -0.156. The Kier molecular flexibility index (Phi) is 10.3. The largest absolute Gasteiger partial charge is 0.494 e. The lowest BCUT2D eigenvalue weighted by Crippen LogP contribution is -2.60. The summed E-state index contributed by atoms with van der Waals surface area (Å²) in [5, 5.41) is 10.4. The van der Waals surface area contributed by atoms with Crippen LogP contribution < -0.4 is 9.64 Å². The number of anilines is 1. The quantitative estimate of drug-likeness (QED) is 0.292. The van der Waals surface area contributed by atoms with Crippen molar-refractivity contribution in [2.75, 3.05) is 31.2 Å². The van der Waals surface area contributed by atoms with Crippen molar-refractivity contribution in [3.8, 4) is 5.75 Å². The average Bonchev–Trinajstić information content (AvgIpc) is 3.52. The van der Waals surface area contributed by atoms with Gasteiger partial charge in [-0.05, 0) is 70.2 Å². The Labute approximate surface area is 262 Å². The van der Waals surface area contributed by atoms with Crippen molar-refractivity contribution in [1.29, 1.82) is 0 Å². The number of aliphatic hydroxyl groups is 1. The molecule has 3 aliphatic rings. The molecule has 3 aliphatic heterocycles. The van der Waals surface area contributed by atoms with Crippen molar-refractivity contribution in [3.63, 3.8) is 0 Å². The maximum Gasteiger partial charge on any atom is 0.248 e. The van der Waals surface area contributed by atoms with Gasteiger partial charge in [-0.25, -0.2) is 0 Å². The Morgan fingerprint density at radius 3 is 2.36 bits per heavy atom. The smallest absolute Gasteiger partial charge is 0.248 e. The summed E-state index contributed by atoms with van der Waals surface area (Å²) in [6.45, 7) is 20.4. The fraction of sp³-hybridized carbons (Fsp3) is 0.629. The Morgan fingerprint density at radius 2 is 1.82 bits per heavy atom. The van der Waals surface area contributed by atoms with Crippen LogP contribution in [0.3, 0.4) is 0 Å². The Hall–Kier alpha value is -3.17. The molecule has 3 saturated heterocycles. The number of likely N-dealkylation sites (tertiary alicyclic amines) is 1. The molecule has 242 valence electrons. The molecule has 1 aromatic carbocycles. The van der Waals surface area contributed by atoms with Crippen molar-refractivity contribution in [2.45, 2.75) is 96.6 Å². The minimum atomic E-state index is -1.20. The molecule has 3 fully saturated rings. The van der Waals surface area contributed by atoms with E-state index >= 15 is 0 Å². The summed E-state index contributed by atoms with van der Waals surface area (Å²) < 4.78 is 12.6. The standard InChI is InChI=1S/C35H51N3O6/c1-9-14-24(7)36(19-10-2)33(42)30-35-21-23(6)34(8,44-35)28(29(35)32(41)38(30)25(12-4)22-39)31(40)37(20-11-3)26-15-17-27(18-16-26)43-13-5/h10-11,15-18,23-25,28-30,39H,2-3,9,12-14,19-22H2,1,4-8H3/t23?,24?,25-,28-,29-,30?,34+,35?/m0/s1. The molecule has 1 aromatic rings. The zero-order valence-corrected chi connectivity index (χ0v) is 27.3. The molecular weight excluding hydrogens is 558 g/mol. The lowest BCUT2D eigenvalue weighted by atomic mass is 9.62. The summed E-state index contributed by atoms with van der Waals surface area (Å²) in [5.74, 6) is -1.86. The fourth-order valence-electron chi connectivity index (χ4n) is 8.00. The topological polar surface area (TPSA) is 99.6 Å². The molecule has 44 heavy (non-hydrogen) atoms. The third-order valence-electron chi connectivity index (χ3n) is 10.2. The summed E-state index contributed by atoms with van der Waals surface area (Å²) in [6, 6.07) is 5.68. The van der Waals surface area contributed by atoms with Crippen molar-refractivity contribution >= 4 is 23.4 Å². The van der Waals surface area contributed by atoms with Gasteiger partial charge in [0.15, 0.2) is 0 Å². The minimum Gasteiger partial charge on any atom is -0.494 e. The number of fused-ring (bicyclic) bond motifs is 1. The van der Waals surface area contributed by atoms with Crippen LogP contribution in [-0.2, 0) is 19.1 Å². The average molecular weight is 610 g/mol. The molecule has 0 saturated carbocycles. The fourth-order valence-corrected chi connectivity index (χ4v) is 8.00. The van der Waals surface area contributed by atoms with E-state index < -0.39 is 35.1 Å². The first-order valence-corrected chi connectivity index (χ1v) is 16.2. The van der Waals surface area contributed by atoms with Gasteiger partial charge in [0.25, 0.3) is 0 Å². The number of nitrogens with zero attached hydrogens (tertiary/aromatic N) is 3. The molecule has 1 N–H and O–H groups in total. The van der Waals surface area contributed by atoms with Crippen molar-refractivity contribution < 1.29 is 29.0 Å². The zero-order chi connectivity index (χ0) is 32.4. The Balaban J connectivity index is 1.84. The van der Waals surface area contributed by atoms with E-state index in [0.717, 1.165) is 12.8 Å². The third-order valence-corrected chi connectivity index (χ3v) is 10.2. The zero-order valence-electron chi connectivity index (χ0n) is 27.3. The summed E-state index contributed by atoms with van der Waals surface area (Å²) in [7, 11) is 0. The van der Waals surface area contributed by atoms with Crippen LogP contribution >= 0.6 is 0 Å². The lowest BCUT2D eigenvalue weighted by Gasteiger charge is -2.41. The monoisotopic (exact) mass is 609 g/mol. The molecule has 3 amide bonds. The SMILES string of the molecule is C=CCN(C(=O)[C@@H]1[C@H]2C(=O)N([C@@H](CC)CO)C(C(=O)N(CC=C)C(C)CCC)C23CC(C)[C@@]1(C)O3)c1ccc(OCC)cc1. The summed E-state index contributed by atoms with van der Waals surface area (Å²) >= 11 is 0. The maximum absolute atomic E-state index is 14.7. The summed E-state index contributed by atoms with van der Waals surface area (Å²) in [5.41, 5.74) is -1.50. The van der Waals surface area contributed by atoms with Gasteiger partial charge in [-0.3, -0.25) is 14.4 Å². The third kappa shape index (κ3) is 5.36. The van der Waals surface area contributed by atoms with E-state index in [2.05, 4.69) is 20.1 Å². The van der Waals surface area contributed by atoms with Crippen molar-refractivity contribution in [1.82, 2.24) is 9.80 Å². The molecule has 9 heteroatoms. The number of benzene rings is 1. The van der Waals surface area contributed by atoms with Crippen LogP contribution in [0.1, 0.15) is 67.2 Å². The molecule has 2 bridgehead atoms. The molecule has 0 radical (unpaired) electrons. The maximum atomic E-state index is 14.7. The van der Waals surface area contributed by atoms with Crippen molar-refractivity contribution in [3.05, 3.63) is 49.6 Å². The van der Waals surface area contributed by atoms with E-state index in [1.165, 1.54) is 0 Å². The highest BCUT2D eigenvalue weighted by atomic mass is 16.5. The summed E-state index contributed by atoms with van der Waals surface area (Å²) in [6.07, 6.45) is 5.98. The van der Waals surface area contributed by atoms with Crippen LogP contribution in [0.2, 0.25) is 0 Å². The van der Waals surface area contributed by atoms with E-state index in [0.29, 0.717) is 37.4 Å². The van der Waals surface area contributed by atoms with Gasteiger partial charge in [0.2, 0.25) is 17.7 Å². The van der Waals surface area contributed by atoms with Gasteiger partial charge in [0.05, 0.1) is 36.7 Å². The molecule has 9 nitrogen and oxygen atoms in total. The predicted molar refractivity (Wildman–Crippen MR) is 171 cm³/mol. The van der Waals surface area contributed by atoms with Gasteiger partial charge in [-0.15, -0.1) is 13.2 Å². The van der Waals surface area contributed by atoms with E-state index in [-0.39, 0.29) is 42.8 Å². The number of aliphatic hydroxyl groups excluding tert-OH is 1. The molecule has 1 spiro atoms. The van der Waals surface area contributed by atoms with Gasteiger partial charge < -0.3 is 29.3 Å². The number of hydrogen-bond donors (Lipinski definition) is 1. The Morgan fingerprint density at radius 1 is 1.16 bits per heavy atom. The number of carbonyl (C=O) groups is 3. The van der Waals surface area contributed by atoms with Gasteiger partial charge in [-0.1, -0.05) is 39.3 Å². The van der Waals surface area contributed by atoms with Crippen LogP contribution in [0, 0.1) is 17.8 Å². The second-order valence-corrected chi connectivity index (χ2v) is 12.8. The van der Waals surface area contributed by atoms with Gasteiger partial charge in [0, 0.05) is 24.8 Å². The van der Waals surface area contributed by atoms with Crippen LogP contribution in [0.15, 0.2) is 49.6 Å². The first-order chi connectivity index (χ1) is 21.0. The van der Waals surface area contributed by atoms with Gasteiger partial charge in [0.1, 0.15) is 17.4 Å². The van der Waals surface area contributed by atoms with Crippen LogP contribution in [0.5, 0.6) is 5.75 Å². The highest BCUT2D eigenvalue weighted by Crippen LogP contribution is 2.66. The van der Waals surface area contributed by atoms with E-state index in [9.17, 15) is 19.5 Å². The molecule has 3 heterocycles. The van der Waals surface area contributed by atoms with Gasteiger partial charge >= 0.3 is 0 Å². The normalized spacial score (nSPS) is 30.1. The molecule has 8 atom stereocenters. The number of rotatable bonds is 15. The van der Waals surface area contributed by atoms with E-state index in [1.807, 2.05) is 58.9 Å². The first kappa shape index (κ1) is 33.7. The molecule has 0 aromatic heterocycles. The van der Waals surface area contributed by atoms with Gasteiger partial charge in [-0.2, -0.15) is 0 Å². The van der Waals surface area contributed by atoms with Crippen LogP contribution in [0.4, 0.5) is 5.69 Å². The second-order valence-electron chi connectivity index (χ2n) is 12.8. The molecule has 4 rings (SSSR count). The second kappa shape index (κ2) is 13.4. The Bertz CT molecular complexity index is 1230. The number of hydrogen-bond acceptors (Lipinski definition) is 6. The highest BCUT2D eigenvalue weighted by molar-refractivity contribution is 6.03. The summed E-state index contributed by atoms with van der Waals surface area (Å²) in [4.78, 5) is 49.1.